The molecule has 0 aliphatic carbocycles. The fourth-order valence-electron chi connectivity index (χ4n) is 2.89. The van der Waals surface area contributed by atoms with Gasteiger partial charge in [0, 0.05) is 30.5 Å². The third-order valence-electron chi connectivity index (χ3n) is 4.20. The highest BCUT2D eigenvalue weighted by Crippen LogP contribution is 2.29. The molecule has 0 unspecified atom stereocenters. The van der Waals surface area contributed by atoms with Crippen LogP contribution in [0.25, 0.3) is 0 Å². The maximum atomic E-state index is 12.6. The zero-order valence-corrected chi connectivity index (χ0v) is 13.2. The van der Waals surface area contributed by atoms with Crippen LogP contribution in [0.3, 0.4) is 0 Å². The maximum Gasteiger partial charge on any atom is 0.416 e. The monoisotopic (exact) mass is 351 g/mol. The van der Waals surface area contributed by atoms with Gasteiger partial charge in [0.1, 0.15) is 0 Å². The molecule has 8 heteroatoms. The van der Waals surface area contributed by atoms with Gasteiger partial charge in [0.05, 0.1) is 17.7 Å². The summed E-state index contributed by atoms with van der Waals surface area (Å²) in [4.78, 5) is 25.5. The van der Waals surface area contributed by atoms with Gasteiger partial charge in [0.2, 0.25) is 5.91 Å². The minimum atomic E-state index is -4.43. The van der Waals surface area contributed by atoms with Gasteiger partial charge in [-0.25, -0.2) is 0 Å². The first-order chi connectivity index (χ1) is 11.8. The van der Waals surface area contributed by atoms with Crippen molar-refractivity contribution in [2.75, 3.05) is 6.54 Å². The predicted octanol–water partition coefficient (Wildman–Crippen LogP) is 2.65. The van der Waals surface area contributed by atoms with E-state index in [0.29, 0.717) is 25.1 Å². The Labute approximate surface area is 141 Å². The Bertz CT molecular complexity index is 810. The third-order valence-corrected chi connectivity index (χ3v) is 4.20. The zero-order chi connectivity index (χ0) is 18.2. The van der Waals surface area contributed by atoms with Crippen LogP contribution in [0.5, 0.6) is 0 Å². The summed E-state index contributed by atoms with van der Waals surface area (Å²) >= 11 is 0. The molecular weight excluding hydrogens is 335 g/mol. The molecule has 1 aromatic heterocycles. The maximum absolute atomic E-state index is 12.6. The number of benzene rings is 1. The molecule has 1 aliphatic rings. The van der Waals surface area contributed by atoms with Crippen LogP contribution < -0.4 is 5.73 Å². The number of alkyl halides is 3. The van der Waals surface area contributed by atoms with E-state index in [1.54, 1.807) is 17.2 Å². The molecule has 0 saturated heterocycles. The number of nitrogens with zero attached hydrogens (tertiary/aromatic N) is 2. The second kappa shape index (κ2) is 6.27. The summed E-state index contributed by atoms with van der Waals surface area (Å²) in [5, 5.41) is 0. The average molecular weight is 351 g/mol. The number of hydrogen-bond donors (Lipinski definition) is 1. The molecule has 2 heterocycles. The fraction of sp³-hybridized carbons (Fsp3) is 0.294. The Morgan fingerprint density at radius 1 is 1.04 bits per heavy atom. The largest absolute Gasteiger partial charge is 0.416 e. The number of primary amides is 1. The molecule has 25 heavy (non-hydrogen) atoms. The number of carbonyl (C=O) groups is 2. The third kappa shape index (κ3) is 3.52. The topological polar surface area (TPSA) is 68.3 Å². The number of fused-ring (bicyclic) bond motifs is 1. The van der Waals surface area contributed by atoms with Crippen LogP contribution >= 0.6 is 0 Å². The summed E-state index contributed by atoms with van der Waals surface area (Å²) in [5.41, 5.74) is 5.82. The Morgan fingerprint density at radius 3 is 2.32 bits per heavy atom. The minimum Gasteiger partial charge on any atom is -0.366 e. The summed E-state index contributed by atoms with van der Waals surface area (Å²) in [6.07, 6.45) is -2.10. The van der Waals surface area contributed by atoms with Crippen molar-refractivity contribution in [3.05, 3.63) is 58.9 Å². The molecular formula is C17H16F3N3O2. The molecule has 5 nitrogen and oxygen atoms in total. The smallest absolute Gasteiger partial charge is 0.366 e. The van der Waals surface area contributed by atoms with Crippen LogP contribution in [-0.4, -0.2) is 27.8 Å². The number of rotatable bonds is 2. The predicted molar refractivity (Wildman–Crippen MR) is 83.8 cm³/mol. The van der Waals surface area contributed by atoms with Crippen LogP contribution in [0.4, 0.5) is 13.2 Å². The van der Waals surface area contributed by atoms with Crippen molar-refractivity contribution in [3.8, 4) is 0 Å². The summed E-state index contributed by atoms with van der Waals surface area (Å²) in [5.74, 6) is -0.884. The zero-order valence-electron chi connectivity index (χ0n) is 13.2. The summed E-state index contributed by atoms with van der Waals surface area (Å²) in [6, 6.07) is 5.81. The van der Waals surface area contributed by atoms with E-state index in [1.807, 2.05) is 4.57 Å². The van der Waals surface area contributed by atoms with Crippen molar-refractivity contribution in [1.29, 1.82) is 0 Å². The second-order valence-corrected chi connectivity index (χ2v) is 5.93. The van der Waals surface area contributed by atoms with Gasteiger partial charge in [-0.1, -0.05) is 0 Å². The number of aryl methyl sites for hydroxylation is 1. The number of carbonyl (C=O) groups excluding carboxylic acids is 2. The normalized spacial score (nSPS) is 14.8. The molecule has 1 aliphatic heterocycles. The summed E-state index contributed by atoms with van der Waals surface area (Å²) in [7, 11) is 0. The second-order valence-electron chi connectivity index (χ2n) is 5.93. The summed E-state index contributed by atoms with van der Waals surface area (Å²) < 4.78 is 39.8. The Hall–Kier alpha value is -2.77. The quantitative estimate of drug-likeness (QED) is 0.904. The van der Waals surface area contributed by atoms with E-state index in [1.165, 1.54) is 12.1 Å². The Balaban J connectivity index is 1.81. The first kappa shape index (κ1) is 17.1. The van der Waals surface area contributed by atoms with E-state index in [2.05, 4.69) is 0 Å². The van der Waals surface area contributed by atoms with E-state index >= 15 is 0 Å². The van der Waals surface area contributed by atoms with E-state index in [-0.39, 0.29) is 18.0 Å². The first-order valence-corrected chi connectivity index (χ1v) is 7.71. The molecule has 1 aromatic carbocycles. The molecule has 0 radical (unpaired) electrons. The highest BCUT2D eigenvalue weighted by molar-refractivity contribution is 5.94. The van der Waals surface area contributed by atoms with Crippen molar-refractivity contribution >= 4 is 11.8 Å². The molecule has 2 aromatic rings. The van der Waals surface area contributed by atoms with Crippen molar-refractivity contribution in [3.63, 3.8) is 0 Å². The molecule has 3 rings (SSSR count). The fourth-order valence-corrected chi connectivity index (χ4v) is 2.89. The number of hydrogen-bond acceptors (Lipinski definition) is 2. The SMILES string of the molecule is NC(=O)c1cc2n(c1)CCCN(C(=O)c1ccc(C(F)(F)F)cc1)C2. The lowest BCUT2D eigenvalue weighted by Gasteiger charge is -2.20. The van der Waals surface area contributed by atoms with Gasteiger partial charge in [-0.3, -0.25) is 9.59 Å². The lowest BCUT2D eigenvalue weighted by molar-refractivity contribution is -0.137. The summed E-state index contributed by atoms with van der Waals surface area (Å²) in [6.45, 7) is 1.39. The van der Waals surface area contributed by atoms with Crippen molar-refractivity contribution in [2.24, 2.45) is 5.73 Å². The number of amides is 2. The minimum absolute atomic E-state index is 0.197. The van der Waals surface area contributed by atoms with Crippen LogP contribution in [0.15, 0.2) is 36.5 Å². The first-order valence-electron chi connectivity index (χ1n) is 7.71. The molecule has 2 N–H and O–H groups in total. The van der Waals surface area contributed by atoms with Crippen molar-refractivity contribution in [2.45, 2.75) is 25.7 Å². The standard InChI is InChI=1S/C17H16F3N3O2/c18-17(19,20)13-4-2-11(3-5-13)16(25)23-7-1-6-22-9-12(15(21)24)8-14(22)10-23/h2-5,8-9H,1,6-7,10H2,(H2,21,24). The van der Waals surface area contributed by atoms with Gasteiger partial charge >= 0.3 is 6.18 Å². The highest BCUT2D eigenvalue weighted by atomic mass is 19.4. The average Bonchev–Trinajstić information content (AvgIpc) is 2.86. The number of halogens is 3. The van der Waals surface area contributed by atoms with Gasteiger partial charge in [0.25, 0.3) is 5.91 Å². The van der Waals surface area contributed by atoms with E-state index < -0.39 is 17.6 Å². The Morgan fingerprint density at radius 2 is 1.72 bits per heavy atom. The molecule has 0 fully saturated rings. The van der Waals surface area contributed by atoms with Gasteiger partial charge in [-0.2, -0.15) is 13.2 Å². The van der Waals surface area contributed by atoms with Gasteiger partial charge < -0.3 is 15.2 Å². The molecule has 0 atom stereocenters. The van der Waals surface area contributed by atoms with Gasteiger partial charge in [0.15, 0.2) is 0 Å². The van der Waals surface area contributed by atoms with E-state index in [0.717, 1.165) is 17.8 Å². The van der Waals surface area contributed by atoms with Crippen LogP contribution in [0, 0.1) is 0 Å². The molecule has 0 spiro atoms. The molecule has 0 saturated carbocycles. The van der Waals surface area contributed by atoms with Crippen molar-refractivity contribution in [1.82, 2.24) is 9.47 Å². The van der Waals surface area contributed by atoms with Crippen LogP contribution in [0.2, 0.25) is 0 Å². The number of nitrogens with two attached hydrogens (primary N) is 1. The van der Waals surface area contributed by atoms with E-state index in [9.17, 15) is 22.8 Å². The molecule has 2 amide bonds. The highest BCUT2D eigenvalue weighted by Gasteiger charge is 2.30. The van der Waals surface area contributed by atoms with Crippen LogP contribution in [0.1, 0.15) is 38.4 Å². The van der Waals surface area contributed by atoms with Gasteiger partial charge in [-0.15, -0.1) is 0 Å². The molecule has 132 valence electrons. The molecule has 0 bridgehead atoms. The number of aromatic nitrogens is 1. The lowest BCUT2D eigenvalue weighted by Crippen LogP contribution is -2.30. The van der Waals surface area contributed by atoms with Crippen molar-refractivity contribution < 1.29 is 22.8 Å². The van der Waals surface area contributed by atoms with E-state index in [4.69, 9.17) is 5.73 Å². The van der Waals surface area contributed by atoms with Crippen LogP contribution in [-0.2, 0) is 19.3 Å². The van der Waals surface area contributed by atoms with Gasteiger partial charge in [-0.05, 0) is 36.8 Å². The lowest BCUT2D eigenvalue weighted by atomic mass is 10.1. The Kier molecular flexibility index (Phi) is 4.28.